The Hall–Kier alpha value is -2.35. The molecular formula is C24H22ClNO4S2. The van der Waals surface area contributed by atoms with Gasteiger partial charge in [0.05, 0.1) is 17.6 Å². The molecule has 1 heterocycles. The number of carbonyl (C=O) groups excluding carboxylic acids is 2. The van der Waals surface area contributed by atoms with Gasteiger partial charge in [0.25, 0.3) is 5.91 Å². The van der Waals surface area contributed by atoms with Crippen molar-refractivity contribution in [1.29, 1.82) is 0 Å². The van der Waals surface area contributed by atoms with E-state index in [4.69, 9.17) is 33.3 Å². The molecule has 0 radical (unpaired) electrons. The Labute approximate surface area is 201 Å². The van der Waals surface area contributed by atoms with Gasteiger partial charge in [-0.05, 0) is 60.9 Å². The summed E-state index contributed by atoms with van der Waals surface area (Å²) in [7, 11) is 1.50. The molecule has 166 valence electrons. The molecule has 2 aromatic carbocycles. The van der Waals surface area contributed by atoms with E-state index >= 15 is 0 Å². The number of halogens is 1. The number of thiocarbonyl (C=S) groups is 1. The minimum Gasteiger partial charge on any atom is -0.493 e. The van der Waals surface area contributed by atoms with Crippen LogP contribution in [-0.2, 0) is 4.79 Å². The Kier molecular flexibility index (Phi) is 7.18. The number of rotatable bonds is 5. The summed E-state index contributed by atoms with van der Waals surface area (Å²) >= 11 is 12.7. The second-order valence-corrected chi connectivity index (χ2v) is 9.76. The number of carbonyl (C=O) groups is 2. The fraction of sp³-hybridized carbons (Fsp3) is 0.292. The molecule has 1 aliphatic heterocycles. The van der Waals surface area contributed by atoms with E-state index in [0.29, 0.717) is 31.3 Å². The molecule has 0 bridgehead atoms. The summed E-state index contributed by atoms with van der Waals surface area (Å²) in [5, 5.41) is 0.539. The molecule has 0 N–H and O–H groups in total. The van der Waals surface area contributed by atoms with Crippen LogP contribution >= 0.6 is 35.6 Å². The van der Waals surface area contributed by atoms with Crippen molar-refractivity contribution >= 4 is 57.9 Å². The van der Waals surface area contributed by atoms with Gasteiger partial charge >= 0.3 is 5.97 Å². The lowest BCUT2D eigenvalue weighted by atomic mass is 9.94. The number of hydrogen-bond donors (Lipinski definition) is 0. The van der Waals surface area contributed by atoms with Gasteiger partial charge in [0.1, 0.15) is 4.32 Å². The third-order valence-corrected chi connectivity index (χ3v) is 7.11. The number of amides is 1. The molecule has 4 rings (SSSR count). The Balaban J connectivity index is 1.51. The van der Waals surface area contributed by atoms with Crippen molar-refractivity contribution in [2.45, 2.75) is 38.1 Å². The van der Waals surface area contributed by atoms with Crippen LogP contribution in [0.15, 0.2) is 47.4 Å². The molecule has 1 saturated carbocycles. The second-order valence-electron chi connectivity index (χ2n) is 7.65. The summed E-state index contributed by atoms with van der Waals surface area (Å²) in [4.78, 5) is 27.8. The molecular weight excluding hydrogens is 466 g/mol. The minimum atomic E-state index is -0.513. The average Bonchev–Trinajstić information content (AvgIpc) is 3.08. The van der Waals surface area contributed by atoms with Crippen LogP contribution in [0.4, 0.5) is 0 Å². The lowest BCUT2D eigenvalue weighted by Gasteiger charge is -2.29. The van der Waals surface area contributed by atoms with E-state index < -0.39 is 5.97 Å². The average molecular weight is 488 g/mol. The summed E-state index contributed by atoms with van der Waals surface area (Å²) in [6.07, 6.45) is 7.29. The molecule has 0 unspecified atom stereocenters. The van der Waals surface area contributed by atoms with E-state index in [0.717, 1.165) is 31.2 Å². The van der Waals surface area contributed by atoms with Crippen molar-refractivity contribution in [2.75, 3.05) is 7.11 Å². The van der Waals surface area contributed by atoms with E-state index in [1.807, 2.05) is 0 Å². The number of esters is 1. The Morgan fingerprint density at radius 3 is 2.53 bits per heavy atom. The third kappa shape index (κ3) is 5.00. The number of benzene rings is 2. The molecule has 0 spiro atoms. The summed E-state index contributed by atoms with van der Waals surface area (Å²) in [5.74, 6) is 0.133. The fourth-order valence-electron chi connectivity index (χ4n) is 3.89. The van der Waals surface area contributed by atoms with Crippen LogP contribution < -0.4 is 9.47 Å². The van der Waals surface area contributed by atoms with Crippen LogP contribution in [0.1, 0.15) is 48.0 Å². The molecule has 2 aromatic rings. The standard InChI is InChI=1S/C24H22ClNO4S2/c1-29-20-13-15(7-12-19(20)30-23(28)16-8-10-17(25)11-9-16)14-21-22(27)26(24(31)32-21)18-5-3-2-4-6-18/h7-14,18H,2-6H2,1H3. The molecule has 32 heavy (non-hydrogen) atoms. The molecule has 0 atom stereocenters. The lowest BCUT2D eigenvalue weighted by molar-refractivity contribution is -0.124. The Bertz CT molecular complexity index is 1080. The number of nitrogens with zero attached hydrogens (tertiary/aromatic N) is 1. The Morgan fingerprint density at radius 2 is 1.84 bits per heavy atom. The lowest BCUT2D eigenvalue weighted by Crippen LogP contribution is -2.39. The van der Waals surface area contributed by atoms with Gasteiger partial charge in [0.2, 0.25) is 0 Å². The van der Waals surface area contributed by atoms with E-state index in [9.17, 15) is 9.59 Å². The molecule has 1 amide bonds. The van der Waals surface area contributed by atoms with Crippen molar-refractivity contribution in [3.8, 4) is 11.5 Å². The van der Waals surface area contributed by atoms with Gasteiger partial charge in [-0.1, -0.05) is 60.9 Å². The summed E-state index contributed by atoms with van der Waals surface area (Å²) in [5.41, 5.74) is 1.14. The molecule has 1 aliphatic carbocycles. The molecule has 1 saturated heterocycles. The highest BCUT2D eigenvalue weighted by molar-refractivity contribution is 8.26. The highest BCUT2D eigenvalue weighted by atomic mass is 35.5. The van der Waals surface area contributed by atoms with Crippen molar-refractivity contribution in [1.82, 2.24) is 4.90 Å². The number of ether oxygens (including phenoxy) is 2. The number of thioether (sulfide) groups is 1. The monoisotopic (exact) mass is 487 g/mol. The van der Waals surface area contributed by atoms with Gasteiger partial charge < -0.3 is 9.47 Å². The number of methoxy groups -OCH3 is 1. The second kappa shape index (κ2) is 10.1. The minimum absolute atomic E-state index is 0.0379. The van der Waals surface area contributed by atoms with Gasteiger partial charge in [0.15, 0.2) is 11.5 Å². The summed E-state index contributed by atoms with van der Waals surface area (Å²) < 4.78 is 11.5. The molecule has 8 heteroatoms. The fourth-order valence-corrected chi connectivity index (χ4v) is 5.41. The van der Waals surface area contributed by atoms with Gasteiger partial charge in [-0.3, -0.25) is 9.69 Å². The van der Waals surface area contributed by atoms with Gasteiger partial charge in [-0.2, -0.15) is 0 Å². The maximum Gasteiger partial charge on any atom is 0.343 e. The van der Waals surface area contributed by atoms with Gasteiger partial charge in [-0.25, -0.2) is 4.79 Å². The van der Waals surface area contributed by atoms with Crippen LogP contribution in [0.2, 0.25) is 5.02 Å². The van der Waals surface area contributed by atoms with E-state index in [-0.39, 0.29) is 11.9 Å². The largest absolute Gasteiger partial charge is 0.493 e. The third-order valence-electron chi connectivity index (χ3n) is 5.53. The van der Waals surface area contributed by atoms with Gasteiger partial charge in [-0.15, -0.1) is 0 Å². The van der Waals surface area contributed by atoms with E-state index in [1.165, 1.54) is 25.3 Å². The smallest absolute Gasteiger partial charge is 0.343 e. The van der Waals surface area contributed by atoms with Crippen LogP contribution in [0, 0.1) is 0 Å². The first-order chi connectivity index (χ1) is 15.5. The van der Waals surface area contributed by atoms with Crippen LogP contribution in [-0.4, -0.2) is 34.2 Å². The highest BCUT2D eigenvalue weighted by Crippen LogP contribution is 2.38. The number of hydrogen-bond acceptors (Lipinski definition) is 6. The zero-order valence-corrected chi connectivity index (χ0v) is 19.9. The zero-order chi connectivity index (χ0) is 22.7. The SMILES string of the molecule is COc1cc(C=C2SC(=S)N(C3CCCCC3)C2=O)ccc1OC(=O)c1ccc(Cl)cc1. The van der Waals surface area contributed by atoms with Crippen molar-refractivity contribution in [2.24, 2.45) is 0 Å². The Morgan fingerprint density at radius 1 is 1.12 bits per heavy atom. The summed E-state index contributed by atoms with van der Waals surface area (Å²) in [6, 6.07) is 11.8. The first-order valence-corrected chi connectivity index (χ1v) is 12.0. The molecule has 5 nitrogen and oxygen atoms in total. The maximum atomic E-state index is 13.0. The normalized spacial score (nSPS) is 18.3. The predicted molar refractivity (Wildman–Crippen MR) is 131 cm³/mol. The zero-order valence-electron chi connectivity index (χ0n) is 17.5. The van der Waals surface area contributed by atoms with Crippen LogP contribution in [0.25, 0.3) is 6.08 Å². The van der Waals surface area contributed by atoms with Gasteiger partial charge in [0, 0.05) is 11.1 Å². The molecule has 0 aromatic heterocycles. The molecule has 2 aliphatic rings. The quantitative estimate of drug-likeness (QED) is 0.220. The topological polar surface area (TPSA) is 55.8 Å². The van der Waals surface area contributed by atoms with E-state index in [1.54, 1.807) is 53.4 Å². The van der Waals surface area contributed by atoms with Crippen LogP contribution in [0.3, 0.4) is 0 Å². The van der Waals surface area contributed by atoms with Crippen molar-refractivity contribution < 1.29 is 19.1 Å². The van der Waals surface area contributed by atoms with E-state index in [2.05, 4.69) is 0 Å². The highest BCUT2D eigenvalue weighted by Gasteiger charge is 2.37. The summed E-state index contributed by atoms with van der Waals surface area (Å²) in [6.45, 7) is 0. The maximum absolute atomic E-state index is 13.0. The van der Waals surface area contributed by atoms with Crippen molar-refractivity contribution in [3.63, 3.8) is 0 Å². The molecule has 2 fully saturated rings. The van der Waals surface area contributed by atoms with Crippen molar-refractivity contribution in [3.05, 3.63) is 63.5 Å². The first kappa shape index (κ1) is 22.8. The predicted octanol–water partition coefficient (Wildman–Crippen LogP) is 6.10. The first-order valence-electron chi connectivity index (χ1n) is 10.4. The van der Waals surface area contributed by atoms with Crippen LogP contribution in [0.5, 0.6) is 11.5 Å².